The standard InChI is InChI=1S/C23H25N5S.HI/c1-17-11-12-29-22(17)14-26-23(24-2)25-13-18-7-9-19(10-8-18)15-28-16-27-20-5-3-4-6-21(20)28;/h3-12,16H,13-15H2,1-2H3,(H2,24,25,26);1H. The van der Waals surface area contributed by atoms with Gasteiger partial charge in [-0.25, -0.2) is 4.98 Å². The molecule has 0 aliphatic heterocycles. The SMILES string of the molecule is CN=C(NCc1ccc(Cn2cnc3ccccc32)cc1)NCc1sccc1C.I. The highest BCUT2D eigenvalue weighted by Gasteiger charge is 2.04. The van der Waals surface area contributed by atoms with Gasteiger partial charge in [-0.05, 0) is 47.2 Å². The molecule has 5 nitrogen and oxygen atoms in total. The number of hydrogen-bond donors (Lipinski definition) is 2. The molecule has 7 heteroatoms. The summed E-state index contributed by atoms with van der Waals surface area (Å²) in [6.07, 6.45) is 1.91. The van der Waals surface area contributed by atoms with Gasteiger partial charge >= 0.3 is 0 Å². The van der Waals surface area contributed by atoms with Crippen molar-refractivity contribution >= 4 is 52.3 Å². The van der Waals surface area contributed by atoms with Crippen LogP contribution in [0.4, 0.5) is 0 Å². The zero-order valence-electron chi connectivity index (χ0n) is 17.1. The summed E-state index contributed by atoms with van der Waals surface area (Å²) in [7, 11) is 1.80. The Balaban J connectivity index is 0.00000256. The number of para-hydroxylation sites is 2. The molecule has 0 bridgehead atoms. The first kappa shape index (κ1) is 22.3. The lowest BCUT2D eigenvalue weighted by Crippen LogP contribution is -2.36. The predicted molar refractivity (Wildman–Crippen MR) is 137 cm³/mol. The maximum absolute atomic E-state index is 4.47. The number of nitrogens with one attached hydrogen (secondary N) is 2. The Labute approximate surface area is 198 Å². The number of nitrogens with zero attached hydrogens (tertiary/aromatic N) is 3. The van der Waals surface area contributed by atoms with E-state index in [0.717, 1.165) is 36.6 Å². The zero-order valence-corrected chi connectivity index (χ0v) is 20.3. The molecule has 4 aromatic rings. The number of imidazole rings is 1. The van der Waals surface area contributed by atoms with Crippen LogP contribution in [0.5, 0.6) is 0 Å². The van der Waals surface area contributed by atoms with Crippen LogP contribution in [0.3, 0.4) is 0 Å². The maximum Gasteiger partial charge on any atom is 0.191 e. The number of guanidine groups is 1. The highest BCUT2D eigenvalue weighted by atomic mass is 127. The van der Waals surface area contributed by atoms with Crippen LogP contribution in [-0.4, -0.2) is 22.6 Å². The first-order chi connectivity index (χ1) is 14.2. The third-order valence-electron chi connectivity index (χ3n) is 4.97. The van der Waals surface area contributed by atoms with Gasteiger partial charge in [0.1, 0.15) is 0 Å². The van der Waals surface area contributed by atoms with Gasteiger partial charge in [-0.1, -0.05) is 36.4 Å². The summed E-state index contributed by atoms with van der Waals surface area (Å²) >= 11 is 1.77. The van der Waals surface area contributed by atoms with E-state index in [1.54, 1.807) is 18.4 Å². The van der Waals surface area contributed by atoms with Crippen molar-refractivity contribution < 1.29 is 0 Å². The Morgan fingerprint density at radius 1 is 1.00 bits per heavy atom. The molecule has 0 spiro atoms. The van der Waals surface area contributed by atoms with Gasteiger partial charge in [0.2, 0.25) is 0 Å². The highest BCUT2D eigenvalue weighted by Crippen LogP contribution is 2.15. The van der Waals surface area contributed by atoms with Crippen LogP contribution in [0.25, 0.3) is 11.0 Å². The fourth-order valence-electron chi connectivity index (χ4n) is 3.25. The Hall–Kier alpha value is -2.39. The van der Waals surface area contributed by atoms with Gasteiger partial charge in [-0.3, -0.25) is 4.99 Å². The molecule has 0 amide bonds. The molecule has 2 heterocycles. The average Bonchev–Trinajstić information content (AvgIpc) is 3.35. The van der Waals surface area contributed by atoms with E-state index in [1.165, 1.54) is 21.6 Å². The van der Waals surface area contributed by atoms with Gasteiger partial charge in [0.15, 0.2) is 5.96 Å². The third kappa shape index (κ3) is 5.40. The molecule has 2 aromatic heterocycles. The molecule has 0 fully saturated rings. The smallest absolute Gasteiger partial charge is 0.191 e. The molecule has 0 saturated heterocycles. The Morgan fingerprint density at radius 2 is 1.73 bits per heavy atom. The predicted octanol–water partition coefficient (Wildman–Crippen LogP) is 4.94. The molecule has 0 unspecified atom stereocenters. The lowest BCUT2D eigenvalue weighted by molar-refractivity contribution is 0.807. The second-order valence-electron chi connectivity index (χ2n) is 6.98. The van der Waals surface area contributed by atoms with E-state index in [-0.39, 0.29) is 24.0 Å². The number of thiophene rings is 1. The molecular weight excluding hydrogens is 505 g/mol. The number of aryl methyl sites for hydroxylation is 1. The van der Waals surface area contributed by atoms with E-state index in [1.807, 2.05) is 18.5 Å². The molecule has 0 aliphatic carbocycles. The normalized spacial score (nSPS) is 11.3. The first-order valence-corrected chi connectivity index (χ1v) is 10.6. The molecule has 156 valence electrons. The molecule has 2 aromatic carbocycles. The topological polar surface area (TPSA) is 54.2 Å². The van der Waals surface area contributed by atoms with Gasteiger partial charge in [0.05, 0.1) is 23.9 Å². The van der Waals surface area contributed by atoms with E-state index in [0.29, 0.717) is 0 Å². The highest BCUT2D eigenvalue weighted by molar-refractivity contribution is 14.0. The van der Waals surface area contributed by atoms with Crippen molar-refractivity contribution in [2.75, 3.05) is 7.05 Å². The quantitative estimate of drug-likeness (QED) is 0.211. The summed E-state index contributed by atoms with van der Waals surface area (Å²) in [5, 5.41) is 8.89. The number of aliphatic imine (C=N–C) groups is 1. The second kappa shape index (κ2) is 10.6. The summed E-state index contributed by atoms with van der Waals surface area (Å²) in [5.41, 5.74) is 5.99. The minimum absolute atomic E-state index is 0. The van der Waals surface area contributed by atoms with Crippen LogP contribution in [0.1, 0.15) is 21.6 Å². The van der Waals surface area contributed by atoms with Crippen molar-refractivity contribution in [3.05, 3.63) is 87.9 Å². The zero-order chi connectivity index (χ0) is 20.1. The van der Waals surface area contributed by atoms with Crippen molar-refractivity contribution in [2.45, 2.75) is 26.6 Å². The van der Waals surface area contributed by atoms with E-state index >= 15 is 0 Å². The minimum atomic E-state index is 0. The number of rotatable bonds is 6. The minimum Gasteiger partial charge on any atom is -0.352 e. The fourth-order valence-corrected chi connectivity index (χ4v) is 4.10. The summed E-state index contributed by atoms with van der Waals surface area (Å²) in [5.74, 6) is 0.812. The molecule has 2 N–H and O–H groups in total. The number of benzene rings is 2. The fraction of sp³-hybridized carbons (Fsp3) is 0.217. The monoisotopic (exact) mass is 531 g/mol. The van der Waals surface area contributed by atoms with E-state index in [4.69, 9.17) is 0 Å². The van der Waals surface area contributed by atoms with Gasteiger partial charge in [-0.2, -0.15) is 0 Å². The van der Waals surface area contributed by atoms with E-state index in [9.17, 15) is 0 Å². The van der Waals surface area contributed by atoms with Gasteiger partial charge in [0.25, 0.3) is 0 Å². The lowest BCUT2D eigenvalue weighted by Gasteiger charge is -2.12. The van der Waals surface area contributed by atoms with Gasteiger partial charge in [0, 0.05) is 25.0 Å². The second-order valence-corrected chi connectivity index (χ2v) is 7.98. The Bertz CT molecular complexity index is 1110. The van der Waals surface area contributed by atoms with Crippen LogP contribution in [0.2, 0.25) is 0 Å². The molecule has 4 rings (SSSR count). The summed E-state index contributed by atoms with van der Waals surface area (Å²) in [6, 6.07) is 19.1. The Morgan fingerprint density at radius 3 is 2.47 bits per heavy atom. The van der Waals surface area contributed by atoms with Crippen LogP contribution >= 0.6 is 35.3 Å². The summed E-state index contributed by atoms with van der Waals surface area (Å²) in [4.78, 5) is 10.1. The first-order valence-electron chi connectivity index (χ1n) is 9.68. The third-order valence-corrected chi connectivity index (χ3v) is 5.99. The van der Waals surface area contributed by atoms with Crippen molar-refractivity contribution in [2.24, 2.45) is 4.99 Å². The van der Waals surface area contributed by atoms with E-state index in [2.05, 4.69) is 79.9 Å². The number of hydrogen-bond acceptors (Lipinski definition) is 3. The van der Waals surface area contributed by atoms with Crippen LogP contribution in [-0.2, 0) is 19.6 Å². The number of fused-ring (bicyclic) bond motifs is 1. The largest absolute Gasteiger partial charge is 0.352 e. The van der Waals surface area contributed by atoms with Gasteiger partial charge < -0.3 is 15.2 Å². The average molecular weight is 531 g/mol. The number of halogens is 1. The molecule has 0 radical (unpaired) electrons. The van der Waals surface area contributed by atoms with Crippen molar-refractivity contribution in [1.29, 1.82) is 0 Å². The van der Waals surface area contributed by atoms with Crippen LogP contribution in [0.15, 0.2) is 71.3 Å². The summed E-state index contributed by atoms with van der Waals surface area (Å²) < 4.78 is 2.18. The molecule has 0 atom stereocenters. The maximum atomic E-state index is 4.47. The molecule has 0 saturated carbocycles. The van der Waals surface area contributed by atoms with Crippen LogP contribution < -0.4 is 10.6 Å². The molecular formula is C23H26IN5S. The van der Waals surface area contributed by atoms with Gasteiger partial charge in [-0.15, -0.1) is 35.3 Å². The lowest BCUT2D eigenvalue weighted by atomic mass is 10.1. The molecule has 30 heavy (non-hydrogen) atoms. The Kier molecular flexibility index (Phi) is 7.87. The summed E-state index contributed by atoms with van der Waals surface area (Å²) in [6.45, 7) is 4.48. The molecule has 0 aliphatic rings. The van der Waals surface area contributed by atoms with Crippen LogP contribution in [0, 0.1) is 6.92 Å². The number of aromatic nitrogens is 2. The van der Waals surface area contributed by atoms with Crippen molar-refractivity contribution in [3.8, 4) is 0 Å². The van der Waals surface area contributed by atoms with E-state index < -0.39 is 0 Å². The van der Waals surface area contributed by atoms with Crippen molar-refractivity contribution in [1.82, 2.24) is 20.2 Å². The van der Waals surface area contributed by atoms with Crippen molar-refractivity contribution in [3.63, 3.8) is 0 Å².